The average Bonchev–Trinajstić information content (AvgIpc) is 2.51. The molecule has 0 saturated heterocycles. The smallest absolute Gasteiger partial charge is 0.319 e. The second-order valence-corrected chi connectivity index (χ2v) is 4.78. The van der Waals surface area contributed by atoms with Gasteiger partial charge in [-0.25, -0.2) is 4.79 Å². The lowest BCUT2D eigenvalue weighted by Gasteiger charge is -2.14. The Hall–Kier alpha value is -2.01. The molecule has 0 aromatic heterocycles. The minimum Gasteiger partial charge on any atom is -0.494 e. The van der Waals surface area contributed by atoms with Crippen LogP contribution in [0.4, 0.5) is 10.5 Å². The van der Waals surface area contributed by atoms with Crippen LogP contribution in [0.5, 0.6) is 5.75 Å². The molecule has 1 aromatic rings. The Kier molecular flexibility index (Phi) is 6.09. The summed E-state index contributed by atoms with van der Waals surface area (Å²) in [4.78, 5) is 11.8. The summed E-state index contributed by atoms with van der Waals surface area (Å²) >= 11 is 0. The van der Waals surface area contributed by atoms with E-state index in [2.05, 4.69) is 16.7 Å². The Morgan fingerprint density at radius 3 is 2.81 bits per heavy atom. The average molecular weight is 290 g/mol. The van der Waals surface area contributed by atoms with Crippen LogP contribution in [-0.2, 0) is 4.74 Å². The molecule has 0 fully saturated rings. The number of carbonyl (C=O) groups excluding carboxylic acids is 1. The van der Waals surface area contributed by atoms with Crippen molar-refractivity contribution < 1.29 is 14.3 Å². The van der Waals surface area contributed by atoms with Gasteiger partial charge >= 0.3 is 6.03 Å². The second-order valence-electron chi connectivity index (χ2n) is 4.78. The van der Waals surface area contributed by atoms with E-state index in [-0.39, 0.29) is 6.03 Å². The lowest BCUT2D eigenvalue weighted by atomic mass is 10.1. The Labute approximate surface area is 125 Å². The maximum Gasteiger partial charge on any atom is 0.319 e. The highest BCUT2D eigenvalue weighted by Gasteiger charge is 2.05. The van der Waals surface area contributed by atoms with Crippen LogP contribution in [0.1, 0.15) is 19.8 Å². The molecule has 1 aromatic carbocycles. The molecule has 5 nitrogen and oxygen atoms in total. The van der Waals surface area contributed by atoms with Crippen LogP contribution in [-0.4, -0.2) is 32.4 Å². The van der Waals surface area contributed by atoms with Crippen molar-refractivity contribution in [3.8, 4) is 5.75 Å². The first-order chi connectivity index (χ1) is 10.3. The first kappa shape index (κ1) is 15.4. The molecule has 1 aliphatic heterocycles. The molecule has 114 valence electrons. The molecule has 1 aliphatic rings. The first-order valence-electron chi connectivity index (χ1n) is 7.31. The largest absolute Gasteiger partial charge is 0.494 e. The van der Waals surface area contributed by atoms with Crippen molar-refractivity contribution in [2.45, 2.75) is 19.8 Å². The predicted octanol–water partition coefficient (Wildman–Crippen LogP) is 2.94. The fourth-order valence-electron chi connectivity index (χ4n) is 2.11. The zero-order valence-corrected chi connectivity index (χ0v) is 12.4. The van der Waals surface area contributed by atoms with Crippen molar-refractivity contribution in [3.63, 3.8) is 0 Å². The van der Waals surface area contributed by atoms with Crippen molar-refractivity contribution in [2.24, 2.45) is 0 Å². The van der Waals surface area contributed by atoms with Gasteiger partial charge in [-0.3, -0.25) is 0 Å². The van der Waals surface area contributed by atoms with Gasteiger partial charge in [-0.2, -0.15) is 0 Å². The molecular weight excluding hydrogens is 268 g/mol. The van der Waals surface area contributed by atoms with Crippen molar-refractivity contribution in [2.75, 3.05) is 31.7 Å². The molecule has 0 radical (unpaired) electrons. The summed E-state index contributed by atoms with van der Waals surface area (Å²) in [7, 11) is 0. The third kappa shape index (κ3) is 5.47. The van der Waals surface area contributed by atoms with Crippen LogP contribution in [0.2, 0.25) is 0 Å². The van der Waals surface area contributed by atoms with Gasteiger partial charge in [-0.05, 0) is 44.0 Å². The van der Waals surface area contributed by atoms with Gasteiger partial charge in [0.05, 0.1) is 19.8 Å². The van der Waals surface area contributed by atoms with Crippen molar-refractivity contribution in [1.82, 2.24) is 5.32 Å². The van der Waals surface area contributed by atoms with E-state index in [1.165, 1.54) is 5.57 Å². The van der Waals surface area contributed by atoms with E-state index < -0.39 is 0 Å². The van der Waals surface area contributed by atoms with Gasteiger partial charge in [0, 0.05) is 12.2 Å². The Morgan fingerprint density at radius 1 is 1.33 bits per heavy atom. The van der Waals surface area contributed by atoms with Crippen molar-refractivity contribution >= 4 is 11.7 Å². The van der Waals surface area contributed by atoms with Gasteiger partial charge in [0.2, 0.25) is 0 Å². The highest BCUT2D eigenvalue weighted by Crippen LogP contribution is 2.15. The van der Waals surface area contributed by atoms with E-state index in [1.807, 2.05) is 31.2 Å². The predicted molar refractivity (Wildman–Crippen MR) is 82.8 cm³/mol. The number of urea groups is 1. The number of ether oxygens (including phenoxy) is 2. The maximum atomic E-state index is 11.8. The van der Waals surface area contributed by atoms with E-state index >= 15 is 0 Å². The van der Waals surface area contributed by atoms with Crippen LogP contribution in [0, 0.1) is 0 Å². The van der Waals surface area contributed by atoms with Crippen molar-refractivity contribution in [3.05, 3.63) is 35.9 Å². The van der Waals surface area contributed by atoms with E-state index in [0.29, 0.717) is 19.8 Å². The Morgan fingerprint density at radius 2 is 2.14 bits per heavy atom. The van der Waals surface area contributed by atoms with Crippen LogP contribution >= 0.6 is 0 Å². The third-order valence-corrected chi connectivity index (χ3v) is 3.21. The zero-order chi connectivity index (χ0) is 14.9. The van der Waals surface area contributed by atoms with Gasteiger partial charge in [0.25, 0.3) is 0 Å². The summed E-state index contributed by atoms with van der Waals surface area (Å²) in [5, 5.41) is 5.65. The summed E-state index contributed by atoms with van der Waals surface area (Å²) < 4.78 is 10.6. The summed E-state index contributed by atoms with van der Waals surface area (Å²) in [6.07, 6.45) is 3.93. The molecular formula is C16H22N2O3. The molecule has 0 atom stereocenters. The molecule has 5 heteroatoms. The molecule has 2 rings (SSSR count). The maximum absolute atomic E-state index is 11.8. The van der Waals surface area contributed by atoms with E-state index in [1.54, 1.807) is 0 Å². The lowest BCUT2D eigenvalue weighted by Crippen LogP contribution is -2.29. The number of benzene rings is 1. The van der Waals surface area contributed by atoms with Crippen molar-refractivity contribution in [1.29, 1.82) is 0 Å². The summed E-state index contributed by atoms with van der Waals surface area (Å²) in [5.74, 6) is 0.801. The second kappa shape index (κ2) is 8.32. The van der Waals surface area contributed by atoms with E-state index in [4.69, 9.17) is 9.47 Å². The number of amides is 2. The number of nitrogens with one attached hydrogen (secondary N) is 2. The van der Waals surface area contributed by atoms with Gasteiger partial charge in [0.15, 0.2) is 0 Å². The molecule has 2 N–H and O–H groups in total. The number of rotatable bonds is 6. The molecule has 0 unspecified atom stereocenters. The molecule has 0 saturated carbocycles. The monoisotopic (exact) mass is 290 g/mol. The number of anilines is 1. The third-order valence-electron chi connectivity index (χ3n) is 3.21. The first-order valence-corrected chi connectivity index (χ1v) is 7.31. The molecule has 2 amide bonds. The van der Waals surface area contributed by atoms with Crippen LogP contribution in [0.15, 0.2) is 35.9 Å². The van der Waals surface area contributed by atoms with Crippen LogP contribution < -0.4 is 15.4 Å². The van der Waals surface area contributed by atoms with Crippen LogP contribution in [0.3, 0.4) is 0 Å². The minimum absolute atomic E-state index is 0.188. The van der Waals surface area contributed by atoms with Crippen LogP contribution in [0.25, 0.3) is 0 Å². The molecule has 1 heterocycles. The normalized spacial score (nSPS) is 14.2. The quantitative estimate of drug-likeness (QED) is 0.792. The molecule has 21 heavy (non-hydrogen) atoms. The van der Waals surface area contributed by atoms with E-state index in [0.717, 1.165) is 30.9 Å². The Balaban J connectivity index is 1.70. The topological polar surface area (TPSA) is 59.6 Å². The summed E-state index contributed by atoms with van der Waals surface area (Å²) in [6, 6.07) is 7.14. The SMILES string of the molecule is CCOc1ccc(NC(=O)NCCC2=CCOCC2)cc1. The van der Waals surface area contributed by atoms with Gasteiger partial charge in [-0.15, -0.1) is 0 Å². The molecule has 0 bridgehead atoms. The fraction of sp³-hybridized carbons (Fsp3) is 0.438. The number of hydrogen-bond acceptors (Lipinski definition) is 3. The standard InChI is InChI=1S/C16H22N2O3/c1-2-21-15-5-3-14(4-6-15)18-16(19)17-10-7-13-8-11-20-12-9-13/h3-6,8H,2,7,9-12H2,1H3,(H2,17,18,19). The van der Waals surface area contributed by atoms with Gasteiger partial charge in [0.1, 0.15) is 5.75 Å². The Bertz CT molecular complexity index is 483. The number of carbonyl (C=O) groups is 1. The highest BCUT2D eigenvalue weighted by molar-refractivity contribution is 5.89. The minimum atomic E-state index is -0.188. The van der Waals surface area contributed by atoms with Gasteiger partial charge < -0.3 is 20.1 Å². The number of hydrogen-bond donors (Lipinski definition) is 2. The lowest BCUT2D eigenvalue weighted by molar-refractivity contribution is 0.153. The fourth-order valence-corrected chi connectivity index (χ4v) is 2.11. The van der Waals surface area contributed by atoms with Gasteiger partial charge in [-0.1, -0.05) is 11.6 Å². The van der Waals surface area contributed by atoms with E-state index in [9.17, 15) is 4.79 Å². The highest BCUT2D eigenvalue weighted by atomic mass is 16.5. The summed E-state index contributed by atoms with van der Waals surface area (Å²) in [6.45, 7) is 4.67. The molecule has 0 aliphatic carbocycles. The molecule has 0 spiro atoms. The summed E-state index contributed by atoms with van der Waals surface area (Å²) in [5.41, 5.74) is 2.10. The zero-order valence-electron chi connectivity index (χ0n) is 12.4.